The summed E-state index contributed by atoms with van der Waals surface area (Å²) in [4.78, 5) is 13.7. The van der Waals surface area contributed by atoms with Gasteiger partial charge in [-0.15, -0.1) is 0 Å². The lowest BCUT2D eigenvalue weighted by Gasteiger charge is -2.03. The topological polar surface area (TPSA) is 74.0 Å². The summed E-state index contributed by atoms with van der Waals surface area (Å²) < 4.78 is 24.6. The molecule has 0 aromatic carbocycles. The third kappa shape index (κ3) is 2.71. The van der Waals surface area contributed by atoms with Crippen molar-refractivity contribution in [2.45, 2.75) is 12.8 Å². The number of hydrogen-bond donors (Lipinski definition) is 1. The summed E-state index contributed by atoms with van der Waals surface area (Å²) in [6, 6.07) is 2.67. The van der Waals surface area contributed by atoms with E-state index in [0.29, 0.717) is 0 Å². The smallest absolute Gasteiger partial charge is 0.307 e. The lowest BCUT2D eigenvalue weighted by atomic mass is 10.1. The van der Waals surface area contributed by atoms with Crippen LogP contribution < -0.4 is 0 Å². The van der Waals surface area contributed by atoms with E-state index in [9.17, 15) is 13.6 Å². The molecule has 0 unspecified atom stereocenters. The van der Waals surface area contributed by atoms with Gasteiger partial charge in [-0.05, 0) is 11.6 Å². The third-order valence-electron chi connectivity index (χ3n) is 1.66. The fraction of sp³-hybridized carbons (Fsp3) is 0.222. The normalized spacial score (nSPS) is 10.0. The summed E-state index contributed by atoms with van der Waals surface area (Å²) in [5.74, 6) is -1.11. The molecular weight excluding hydrogens is 206 g/mol. The number of aromatic nitrogens is 1. The Morgan fingerprint density at radius 3 is 2.80 bits per heavy atom. The van der Waals surface area contributed by atoms with Crippen LogP contribution in [0.4, 0.5) is 8.78 Å². The van der Waals surface area contributed by atoms with Gasteiger partial charge >= 0.3 is 5.97 Å². The van der Waals surface area contributed by atoms with Gasteiger partial charge in [0.25, 0.3) is 6.43 Å². The molecule has 15 heavy (non-hydrogen) atoms. The number of rotatable bonds is 3. The molecule has 1 N–H and O–H groups in total. The zero-order valence-corrected chi connectivity index (χ0v) is 7.44. The Labute approximate surface area is 83.8 Å². The van der Waals surface area contributed by atoms with Crippen molar-refractivity contribution < 1.29 is 18.7 Å². The van der Waals surface area contributed by atoms with Gasteiger partial charge in [-0.25, -0.2) is 8.78 Å². The highest BCUT2D eigenvalue weighted by molar-refractivity contribution is 5.70. The Balaban J connectivity index is 3.09. The van der Waals surface area contributed by atoms with Crippen molar-refractivity contribution in [1.29, 1.82) is 5.26 Å². The maximum Gasteiger partial charge on any atom is 0.307 e. The maximum absolute atomic E-state index is 12.3. The molecule has 6 heteroatoms. The summed E-state index contributed by atoms with van der Waals surface area (Å²) in [6.45, 7) is 0. The molecule has 1 heterocycles. The predicted octanol–water partition coefficient (Wildman–Crippen LogP) is 1.52. The number of nitrogens with zero attached hydrogens (tertiary/aromatic N) is 2. The molecule has 0 radical (unpaired) electrons. The van der Waals surface area contributed by atoms with Crippen LogP contribution in [0.3, 0.4) is 0 Å². The number of pyridine rings is 1. The minimum absolute atomic E-state index is 0.225. The van der Waals surface area contributed by atoms with E-state index in [0.717, 1.165) is 12.3 Å². The lowest BCUT2D eigenvalue weighted by Crippen LogP contribution is -2.03. The molecule has 0 saturated carbocycles. The molecule has 0 aliphatic carbocycles. The van der Waals surface area contributed by atoms with E-state index in [2.05, 4.69) is 4.98 Å². The number of hydrogen-bond acceptors (Lipinski definition) is 3. The zero-order valence-electron chi connectivity index (χ0n) is 7.44. The van der Waals surface area contributed by atoms with E-state index in [1.807, 2.05) is 0 Å². The Kier molecular flexibility index (Phi) is 3.29. The molecule has 0 atom stereocenters. The molecule has 0 aliphatic rings. The zero-order chi connectivity index (χ0) is 11.4. The minimum atomic E-state index is -2.83. The summed E-state index contributed by atoms with van der Waals surface area (Å²) in [5, 5.41) is 17.0. The second-order valence-corrected chi connectivity index (χ2v) is 2.76. The average molecular weight is 212 g/mol. The molecule has 4 nitrogen and oxygen atoms in total. The summed E-state index contributed by atoms with van der Waals surface area (Å²) in [6.07, 6.45) is -2.14. The fourth-order valence-electron chi connectivity index (χ4n) is 1.05. The molecule has 0 spiro atoms. The number of carboxylic acids is 1. The molecule has 1 aromatic rings. The van der Waals surface area contributed by atoms with Gasteiger partial charge in [0, 0.05) is 6.20 Å². The largest absolute Gasteiger partial charge is 0.481 e. The average Bonchev–Trinajstić information content (AvgIpc) is 2.16. The van der Waals surface area contributed by atoms with Crippen LogP contribution in [0.2, 0.25) is 0 Å². The van der Waals surface area contributed by atoms with Gasteiger partial charge in [-0.2, -0.15) is 5.26 Å². The number of carboxylic acid groups (broad SMARTS) is 1. The van der Waals surface area contributed by atoms with Crippen LogP contribution in [-0.2, 0) is 11.2 Å². The molecule has 0 aliphatic heterocycles. The number of alkyl halides is 2. The second kappa shape index (κ2) is 4.46. The van der Waals surface area contributed by atoms with Crippen LogP contribution in [0.1, 0.15) is 23.2 Å². The van der Waals surface area contributed by atoms with Crippen molar-refractivity contribution >= 4 is 5.97 Å². The molecule has 0 saturated heterocycles. The number of halogens is 2. The van der Waals surface area contributed by atoms with Gasteiger partial charge in [0.1, 0.15) is 11.8 Å². The summed E-state index contributed by atoms with van der Waals surface area (Å²) >= 11 is 0. The second-order valence-electron chi connectivity index (χ2n) is 2.76. The van der Waals surface area contributed by atoms with Crippen LogP contribution >= 0.6 is 0 Å². The van der Waals surface area contributed by atoms with Crippen LogP contribution in [0.25, 0.3) is 0 Å². The number of nitriles is 1. The Morgan fingerprint density at radius 2 is 2.33 bits per heavy atom. The van der Waals surface area contributed by atoms with Crippen molar-refractivity contribution in [1.82, 2.24) is 4.98 Å². The molecule has 78 valence electrons. The van der Waals surface area contributed by atoms with Crippen LogP contribution in [0.5, 0.6) is 0 Å². The Morgan fingerprint density at radius 1 is 1.67 bits per heavy atom. The highest BCUT2D eigenvalue weighted by Crippen LogP contribution is 2.20. The van der Waals surface area contributed by atoms with Gasteiger partial charge in [-0.3, -0.25) is 9.78 Å². The van der Waals surface area contributed by atoms with E-state index < -0.39 is 18.1 Å². The fourth-order valence-corrected chi connectivity index (χ4v) is 1.05. The highest BCUT2D eigenvalue weighted by Gasteiger charge is 2.15. The first-order chi connectivity index (χ1) is 7.04. The van der Waals surface area contributed by atoms with E-state index >= 15 is 0 Å². The van der Waals surface area contributed by atoms with Gasteiger partial charge < -0.3 is 5.11 Å². The Bertz CT molecular complexity index is 427. The van der Waals surface area contributed by atoms with Gasteiger partial charge in [0.05, 0.1) is 12.0 Å². The van der Waals surface area contributed by atoms with Crippen LogP contribution in [0.15, 0.2) is 12.3 Å². The monoisotopic (exact) mass is 212 g/mol. The van der Waals surface area contributed by atoms with Crippen molar-refractivity contribution in [2.75, 3.05) is 0 Å². The first-order valence-electron chi connectivity index (χ1n) is 3.93. The van der Waals surface area contributed by atoms with Crippen molar-refractivity contribution in [3.63, 3.8) is 0 Å². The maximum atomic E-state index is 12.3. The van der Waals surface area contributed by atoms with Gasteiger partial charge in [0.15, 0.2) is 0 Å². The molecule has 0 amide bonds. The van der Waals surface area contributed by atoms with Crippen molar-refractivity contribution in [3.8, 4) is 6.07 Å². The highest BCUT2D eigenvalue weighted by atomic mass is 19.3. The molecular formula is C9H6F2N2O2. The minimum Gasteiger partial charge on any atom is -0.481 e. The first kappa shape index (κ1) is 11.0. The quantitative estimate of drug-likeness (QED) is 0.824. The summed E-state index contributed by atoms with van der Waals surface area (Å²) in [5.41, 5.74) is -0.682. The first-order valence-corrected chi connectivity index (χ1v) is 3.93. The molecule has 0 fully saturated rings. The third-order valence-corrected chi connectivity index (χ3v) is 1.66. The summed E-state index contributed by atoms with van der Waals surface area (Å²) in [7, 11) is 0. The number of carbonyl (C=O) groups is 1. The predicted molar refractivity (Wildman–Crippen MR) is 45.2 cm³/mol. The van der Waals surface area contributed by atoms with E-state index in [1.165, 1.54) is 0 Å². The van der Waals surface area contributed by atoms with Crippen molar-refractivity contribution in [2.24, 2.45) is 0 Å². The molecule has 0 bridgehead atoms. The SMILES string of the molecule is N#Cc1cc(CC(=O)O)cnc1C(F)F. The van der Waals surface area contributed by atoms with Crippen molar-refractivity contribution in [3.05, 3.63) is 29.1 Å². The Hall–Kier alpha value is -2.03. The molecule has 1 rings (SSSR count). The lowest BCUT2D eigenvalue weighted by molar-refractivity contribution is -0.136. The standard InChI is InChI=1S/C9H6F2N2O2/c10-9(11)8-6(3-12)1-5(4-13-8)2-7(14)15/h1,4,9H,2H2,(H,14,15). The van der Waals surface area contributed by atoms with E-state index in [4.69, 9.17) is 10.4 Å². The van der Waals surface area contributed by atoms with E-state index in [-0.39, 0.29) is 17.5 Å². The van der Waals surface area contributed by atoms with Gasteiger partial charge in [-0.1, -0.05) is 0 Å². The van der Waals surface area contributed by atoms with Crippen LogP contribution in [-0.4, -0.2) is 16.1 Å². The number of aliphatic carboxylic acids is 1. The molecule has 1 aromatic heterocycles. The van der Waals surface area contributed by atoms with E-state index in [1.54, 1.807) is 6.07 Å². The van der Waals surface area contributed by atoms with Gasteiger partial charge in [0.2, 0.25) is 0 Å². The van der Waals surface area contributed by atoms with Crippen LogP contribution in [0, 0.1) is 11.3 Å².